The van der Waals surface area contributed by atoms with Gasteiger partial charge in [0.25, 0.3) is 0 Å². The molecule has 0 aliphatic heterocycles. The number of phenolic OH excluding ortho intramolecular Hbond substituents is 2. The highest BCUT2D eigenvalue weighted by Gasteiger charge is 2.06. The van der Waals surface area contributed by atoms with Crippen molar-refractivity contribution >= 4 is 5.69 Å². The fourth-order valence-corrected chi connectivity index (χ4v) is 2.13. The summed E-state index contributed by atoms with van der Waals surface area (Å²) in [5.41, 5.74) is 3.82. The molecule has 0 heterocycles. The summed E-state index contributed by atoms with van der Waals surface area (Å²) in [6, 6.07) is 8.99. The Bertz CT molecular complexity index is 638. The molecule has 0 aromatic heterocycles. The van der Waals surface area contributed by atoms with E-state index in [9.17, 15) is 10.2 Å². The fraction of sp³-hybridized carbons (Fsp3) is 0.294. The van der Waals surface area contributed by atoms with Gasteiger partial charge in [0.2, 0.25) is 0 Å². The molecule has 4 heteroatoms. The van der Waals surface area contributed by atoms with Crippen LogP contribution in [-0.4, -0.2) is 16.8 Å². The quantitative estimate of drug-likeness (QED) is 0.733. The van der Waals surface area contributed by atoms with Crippen LogP contribution in [0.15, 0.2) is 30.3 Å². The summed E-state index contributed by atoms with van der Waals surface area (Å²) < 4.78 is 5.38. The molecule has 0 saturated carbocycles. The van der Waals surface area contributed by atoms with Gasteiger partial charge in [0.15, 0.2) is 11.5 Å². The van der Waals surface area contributed by atoms with Crippen LogP contribution in [0.4, 0.5) is 5.69 Å². The molecule has 0 atom stereocenters. The summed E-state index contributed by atoms with van der Waals surface area (Å²) in [7, 11) is 0. The van der Waals surface area contributed by atoms with Crippen molar-refractivity contribution in [3.63, 3.8) is 0 Å². The number of benzene rings is 2. The van der Waals surface area contributed by atoms with Gasteiger partial charge in [-0.15, -0.1) is 0 Å². The topological polar surface area (TPSA) is 61.7 Å². The van der Waals surface area contributed by atoms with Gasteiger partial charge in [-0.25, -0.2) is 0 Å². The zero-order chi connectivity index (χ0) is 15.4. The second-order valence-corrected chi connectivity index (χ2v) is 5.04. The maximum absolute atomic E-state index is 9.69. The van der Waals surface area contributed by atoms with Gasteiger partial charge in [0.1, 0.15) is 5.75 Å². The van der Waals surface area contributed by atoms with Gasteiger partial charge < -0.3 is 20.3 Å². The van der Waals surface area contributed by atoms with Crippen LogP contribution >= 0.6 is 0 Å². The van der Waals surface area contributed by atoms with Crippen LogP contribution < -0.4 is 10.1 Å². The molecule has 3 N–H and O–H groups in total. The smallest absolute Gasteiger partial charge is 0.161 e. The van der Waals surface area contributed by atoms with Gasteiger partial charge in [-0.3, -0.25) is 0 Å². The maximum atomic E-state index is 9.69. The normalized spacial score (nSPS) is 10.4. The molecule has 0 radical (unpaired) electrons. The number of rotatable bonds is 5. The molecule has 0 aliphatic carbocycles. The Morgan fingerprint density at radius 2 is 1.76 bits per heavy atom. The molecule has 0 unspecified atom stereocenters. The second kappa shape index (κ2) is 6.39. The van der Waals surface area contributed by atoms with E-state index in [1.54, 1.807) is 12.1 Å². The Hall–Kier alpha value is -2.36. The van der Waals surface area contributed by atoms with Crippen molar-refractivity contribution in [2.24, 2.45) is 0 Å². The van der Waals surface area contributed by atoms with E-state index >= 15 is 0 Å². The van der Waals surface area contributed by atoms with E-state index < -0.39 is 0 Å². The van der Waals surface area contributed by atoms with Gasteiger partial charge in [0, 0.05) is 12.2 Å². The van der Waals surface area contributed by atoms with E-state index in [2.05, 4.69) is 5.32 Å². The van der Waals surface area contributed by atoms with Crippen LogP contribution in [0.5, 0.6) is 17.2 Å². The van der Waals surface area contributed by atoms with Crippen molar-refractivity contribution in [2.75, 3.05) is 11.9 Å². The Morgan fingerprint density at radius 3 is 2.48 bits per heavy atom. The van der Waals surface area contributed by atoms with E-state index in [0.29, 0.717) is 24.7 Å². The molecule has 2 rings (SSSR count). The van der Waals surface area contributed by atoms with Crippen LogP contribution in [0.25, 0.3) is 0 Å². The Labute approximate surface area is 125 Å². The number of hydrogen-bond donors (Lipinski definition) is 3. The number of phenols is 2. The molecule has 0 fully saturated rings. The second-order valence-electron chi connectivity index (χ2n) is 5.04. The molecular formula is C17H21NO3. The largest absolute Gasteiger partial charge is 0.508 e. The molecule has 0 amide bonds. The Morgan fingerprint density at radius 1 is 1.00 bits per heavy atom. The highest BCUT2D eigenvalue weighted by atomic mass is 16.5. The summed E-state index contributed by atoms with van der Waals surface area (Å²) in [5, 5.41) is 22.7. The summed E-state index contributed by atoms with van der Waals surface area (Å²) in [5.74, 6) is 0.953. The minimum atomic E-state index is 0.150. The van der Waals surface area contributed by atoms with Crippen LogP contribution in [0, 0.1) is 13.8 Å². The van der Waals surface area contributed by atoms with Crippen LogP contribution in [0.3, 0.4) is 0 Å². The third-order valence-corrected chi connectivity index (χ3v) is 3.35. The minimum Gasteiger partial charge on any atom is -0.508 e. The fourth-order valence-electron chi connectivity index (χ4n) is 2.13. The van der Waals surface area contributed by atoms with Gasteiger partial charge >= 0.3 is 0 Å². The SMILES string of the molecule is CCOc1cc(CNc2cc(C)c(O)cc2C)ccc1O. The van der Waals surface area contributed by atoms with Crippen molar-refractivity contribution in [2.45, 2.75) is 27.3 Å². The van der Waals surface area contributed by atoms with Crippen molar-refractivity contribution in [1.82, 2.24) is 0 Å². The predicted octanol–water partition coefficient (Wildman–Crippen LogP) is 3.73. The zero-order valence-corrected chi connectivity index (χ0v) is 12.6. The van der Waals surface area contributed by atoms with Gasteiger partial charge in [-0.05, 0) is 61.7 Å². The summed E-state index contributed by atoms with van der Waals surface area (Å²) in [6.07, 6.45) is 0. The molecule has 0 bridgehead atoms. The highest BCUT2D eigenvalue weighted by molar-refractivity contribution is 5.57. The average molecular weight is 287 g/mol. The molecular weight excluding hydrogens is 266 g/mol. The lowest BCUT2D eigenvalue weighted by Gasteiger charge is -2.13. The van der Waals surface area contributed by atoms with Gasteiger partial charge in [-0.2, -0.15) is 0 Å². The third kappa shape index (κ3) is 3.60. The van der Waals surface area contributed by atoms with Crippen LogP contribution in [-0.2, 0) is 6.54 Å². The highest BCUT2D eigenvalue weighted by Crippen LogP contribution is 2.28. The number of aryl methyl sites for hydroxylation is 2. The van der Waals surface area contributed by atoms with Crippen molar-refractivity contribution < 1.29 is 14.9 Å². The minimum absolute atomic E-state index is 0.150. The van der Waals surface area contributed by atoms with E-state index in [0.717, 1.165) is 22.4 Å². The first kappa shape index (κ1) is 15.0. The number of ether oxygens (including phenoxy) is 1. The standard InChI is InChI=1S/C17H21NO3/c1-4-21-17-9-13(5-6-15(17)19)10-18-14-7-12(3)16(20)8-11(14)2/h5-9,18-20H,4,10H2,1-3H3. The number of hydrogen-bond acceptors (Lipinski definition) is 4. The van der Waals surface area contributed by atoms with E-state index in [1.807, 2.05) is 39.0 Å². The molecule has 2 aromatic carbocycles. The lowest BCUT2D eigenvalue weighted by Crippen LogP contribution is -2.02. The maximum Gasteiger partial charge on any atom is 0.161 e. The first-order valence-electron chi connectivity index (χ1n) is 7.00. The molecule has 112 valence electrons. The van der Waals surface area contributed by atoms with E-state index in [-0.39, 0.29) is 5.75 Å². The molecule has 21 heavy (non-hydrogen) atoms. The van der Waals surface area contributed by atoms with Crippen molar-refractivity contribution in [3.05, 3.63) is 47.0 Å². The lowest BCUT2D eigenvalue weighted by molar-refractivity contribution is 0.318. The molecule has 4 nitrogen and oxygen atoms in total. The summed E-state index contributed by atoms with van der Waals surface area (Å²) in [4.78, 5) is 0. The average Bonchev–Trinajstić information content (AvgIpc) is 2.45. The molecule has 2 aromatic rings. The first-order valence-corrected chi connectivity index (χ1v) is 7.00. The van der Waals surface area contributed by atoms with Crippen LogP contribution in [0.2, 0.25) is 0 Å². The molecule has 0 saturated heterocycles. The van der Waals surface area contributed by atoms with Crippen molar-refractivity contribution in [3.8, 4) is 17.2 Å². The van der Waals surface area contributed by atoms with Crippen molar-refractivity contribution in [1.29, 1.82) is 0 Å². The number of nitrogens with one attached hydrogen (secondary N) is 1. The van der Waals surface area contributed by atoms with Crippen LogP contribution in [0.1, 0.15) is 23.6 Å². The van der Waals surface area contributed by atoms with Gasteiger partial charge in [-0.1, -0.05) is 6.07 Å². The lowest BCUT2D eigenvalue weighted by atomic mass is 10.1. The van der Waals surface area contributed by atoms with E-state index in [1.165, 1.54) is 0 Å². The summed E-state index contributed by atoms with van der Waals surface area (Å²) in [6.45, 7) is 6.83. The number of aromatic hydroxyl groups is 2. The Kier molecular flexibility index (Phi) is 4.58. The predicted molar refractivity (Wildman–Crippen MR) is 84.2 cm³/mol. The first-order chi connectivity index (χ1) is 10.0. The van der Waals surface area contributed by atoms with E-state index in [4.69, 9.17) is 4.74 Å². The molecule has 0 aliphatic rings. The van der Waals surface area contributed by atoms with Gasteiger partial charge in [0.05, 0.1) is 6.61 Å². The Balaban J connectivity index is 2.13. The summed E-state index contributed by atoms with van der Waals surface area (Å²) >= 11 is 0. The zero-order valence-electron chi connectivity index (χ0n) is 12.6. The monoisotopic (exact) mass is 287 g/mol. The number of anilines is 1. The molecule has 0 spiro atoms. The third-order valence-electron chi connectivity index (χ3n) is 3.35.